The standard InChI is InChI=1S/C20H22F3N3O2.HI/c1-3-24-18(26-14-19(2,27)17-7-5-13-28-17)25-12-4-6-15-8-10-16(11-9-15)20(21,22)23;/h5,7-11,13,27H,3,12,14H2,1-2H3,(H2,24,25,26);1H. The molecule has 0 radical (unpaired) electrons. The van der Waals surface area contributed by atoms with Crippen LogP contribution in [-0.4, -0.2) is 30.7 Å². The number of alkyl halides is 3. The summed E-state index contributed by atoms with van der Waals surface area (Å²) >= 11 is 0. The Morgan fingerprint density at radius 3 is 2.41 bits per heavy atom. The van der Waals surface area contributed by atoms with Crippen LogP contribution in [-0.2, 0) is 11.8 Å². The minimum atomic E-state index is -4.36. The van der Waals surface area contributed by atoms with E-state index in [4.69, 9.17) is 4.42 Å². The first kappa shape index (κ1) is 24.8. The van der Waals surface area contributed by atoms with Crippen LogP contribution in [0, 0.1) is 11.8 Å². The summed E-state index contributed by atoms with van der Waals surface area (Å²) in [5.74, 6) is 6.48. The highest BCUT2D eigenvalue weighted by Crippen LogP contribution is 2.28. The Kier molecular flexibility index (Phi) is 9.52. The minimum Gasteiger partial charge on any atom is -0.466 e. The zero-order valence-corrected chi connectivity index (χ0v) is 18.3. The fraction of sp³-hybridized carbons (Fsp3) is 0.350. The third-order valence-electron chi connectivity index (χ3n) is 3.73. The van der Waals surface area contributed by atoms with Gasteiger partial charge < -0.3 is 20.2 Å². The summed E-state index contributed by atoms with van der Waals surface area (Å²) in [6, 6.07) is 8.02. The van der Waals surface area contributed by atoms with Crippen LogP contribution in [0.1, 0.15) is 30.7 Å². The smallest absolute Gasteiger partial charge is 0.416 e. The average molecular weight is 521 g/mol. The van der Waals surface area contributed by atoms with Gasteiger partial charge in [-0.25, -0.2) is 4.99 Å². The number of benzene rings is 1. The predicted molar refractivity (Wildman–Crippen MR) is 116 cm³/mol. The molecule has 158 valence electrons. The van der Waals surface area contributed by atoms with Gasteiger partial charge in [0.2, 0.25) is 0 Å². The molecule has 2 rings (SSSR count). The first-order chi connectivity index (χ1) is 13.2. The lowest BCUT2D eigenvalue weighted by Crippen LogP contribution is -2.39. The molecule has 0 amide bonds. The van der Waals surface area contributed by atoms with Gasteiger partial charge in [-0.3, -0.25) is 0 Å². The molecule has 0 saturated heterocycles. The van der Waals surface area contributed by atoms with Crippen molar-refractivity contribution in [2.24, 2.45) is 4.99 Å². The van der Waals surface area contributed by atoms with Gasteiger partial charge in [-0.2, -0.15) is 13.2 Å². The molecule has 5 nitrogen and oxygen atoms in total. The van der Waals surface area contributed by atoms with Gasteiger partial charge in [0.05, 0.1) is 24.9 Å². The number of furan rings is 1. The second-order valence-electron chi connectivity index (χ2n) is 6.18. The number of rotatable bonds is 5. The molecule has 1 atom stereocenters. The molecule has 0 bridgehead atoms. The molecule has 9 heteroatoms. The van der Waals surface area contributed by atoms with Gasteiger partial charge >= 0.3 is 6.18 Å². The normalized spacial score (nSPS) is 13.5. The van der Waals surface area contributed by atoms with E-state index in [0.717, 1.165) is 12.1 Å². The van der Waals surface area contributed by atoms with E-state index in [1.807, 2.05) is 6.92 Å². The predicted octanol–water partition coefficient (Wildman–Crippen LogP) is 3.73. The van der Waals surface area contributed by atoms with Crippen LogP contribution in [0.5, 0.6) is 0 Å². The molecule has 0 aliphatic heterocycles. The lowest BCUT2D eigenvalue weighted by molar-refractivity contribution is -0.137. The molecular weight excluding hydrogens is 498 g/mol. The fourth-order valence-electron chi connectivity index (χ4n) is 2.25. The first-order valence-corrected chi connectivity index (χ1v) is 8.67. The third kappa shape index (κ3) is 7.98. The molecule has 1 heterocycles. The molecule has 2 aromatic rings. The number of hydrogen-bond acceptors (Lipinski definition) is 3. The summed E-state index contributed by atoms with van der Waals surface area (Å²) in [6.07, 6.45) is -2.88. The highest BCUT2D eigenvalue weighted by Gasteiger charge is 2.29. The Balaban J connectivity index is 0.00000420. The van der Waals surface area contributed by atoms with Crippen LogP contribution in [0.4, 0.5) is 13.2 Å². The van der Waals surface area contributed by atoms with E-state index >= 15 is 0 Å². The zero-order valence-electron chi connectivity index (χ0n) is 16.0. The summed E-state index contributed by atoms with van der Waals surface area (Å²) < 4.78 is 42.8. The van der Waals surface area contributed by atoms with Crippen LogP contribution in [0.3, 0.4) is 0 Å². The zero-order chi connectivity index (χ0) is 20.6. The SMILES string of the molecule is CCNC(=NCC(C)(O)c1ccco1)NCC#Cc1ccc(C(F)(F)F)cc1.I. The molecule has 1 aromatic heterocycles. The van der Waals surface area contributed by atoms with Crippen molar-refractivity contribution in [1.29, 1.82) is 0 Å². The number of nitrogens with zero attached hydrogens (tertiary/aromatic N) is 1. The van der Waals surface area contributed by atoms with Crippen LogP contribution in [0.25, 0.3) is 0 Å². The number of guanidine groups is 1. The Labute approximate surface area is 184 Å². The van der Waals surface area contributed by atoms with Crippen molar-refractivity contribution in [3.8, 4) is 11.8 Å². The van der Waals surface area contributed by atoms with Gasteiger partial charge in [-0.1, -0.05) is 11.8 Å². The van der Waals surface area contributed by atoms with E-state index in [1.54, 1.807) is 19.1 Å². The minimum absolute atomic E-state index is 0. The van der Waals surface area contributed by atoms with Crippen molar-refractivity contribution in [2.45, 2.75) is 25.6 Å². The maximum absolute atomic E-state index is 12.5. The molecule has 0 spiro atoms. The van der Waals surface area contributed by atoms with Gasteiger partial charge in [0, 0.05) is 12.1 Å². The fourth-order valence-corrected chi connectivity index (χ4v) is 2.25. The molecule has 1 aromatic carbocycles. The van der Waals surface area contributed by atoms with Crippen molar-refractivity contribution >= 4 is 29.9 Å². The van der Waals surface area contributed by atoms with E-state index < -0.39 is 17.3 Å². The van der Waals surface area contributed by atoms with Gasteiger partial charge in [-0.05, 0) is 50.2 Å². The molecule has 29 heavy (non-hydrogen) atoms. The highest BCUT2D eigenvalue weighted by atomic mass is 127. The average Bonchev–Trinajstić information content (AvgIpc) is 3.18. The number of aliphatic imine (C=N–C) groups is 1. The van der Waals surface area contributed by atoms with Crippen molar-refractivity contribution in [2.75, 3.05) is 19.6 Å². The number of hydrogen-bond donors (Lipinski definition) is 3. The molecular formula is C20H23F3IN3O2. The van der Waals surface area contributed by atoms with Crippen molar-refractivity contribution in [3.05, 3.63) is 59.5 Å². The van der Waals surface area contributed by atoms with E-state index in [2.05, 4.69) is 27.5 Å². The maximum atomic E-state index is 12.5. The van der Waals surface area contributed by atoms with E-state index in [-0.39, 0.29) is 37.1 Å². The van der Waals surface area contributed by atoms with Crippen molar-refractivity contribution in [1.82, 2.24) is 10.6 Å². The Hall–Kier alpha value is -2.19. The van der Waals surface area contributed by atoms with E-state index in [1.165, 1.54) is 18.4 Å². The summed E-state index contributed by atoms with van der Waals surface area (Å²) in [5, 5.41) is 16.4. The Bertz CT molecular complexity index is 837. The van der Waals surface area contributed by atoms with Gasteiger partial charge in [0.15, 0.2) is 5.96 Å². The van der Waals surface area contributed by atoms with Gasteiger partial charge in [0.25, 0.3) is 0 Å². The van der Waals surface area contributed by atoms with Crippen LogP contribution >= 0.6 is 24.0 Å². The van der Waals surface area contributed by atoms with Gasteiger partial charge in [-0.15, -0.1) is 24.0 Å². The molecule has 0 fully saturated rings. The lowest BCUT2D eigenvalue weighted by atomic mass is 10.0. The number of aliphatic hydroxyl groups is 1. The summed E-state index contributed by atoms with van der Waals surface area (Å²) in [7, 11) is 0. The first-order valence-electron chi connectivity index (χ1n) is 8.67. The largest absolute Gasteiger partial charge is 0.466 e. The number of halogens is 4. The maximum Gasteiger partial charge on any atom is 0.416 e. The second kappa shape index (κ2) is 11.1. The van der Waals surface area contributed by atoms with E-state index in [9.17, 15) is 18.3 Å². The highest BCUT2D eigenvalue weighted by molar-refractivity contribution is 14.0. The summed E-state index contributed by atoms with van der Waals surface area (Å²) in [4.78, 5) is 4.32. The third-order valence-corrected chi connectivity index (χ3v) is 3.73. The molecule has 0 aliphatic rings. The summed E-state index contributed by atoms with van der Waals surface area (Å²) in [6.45, 7) is 4.41. The molecule has 0 saturated carbocycles. The quantitative estimate of drug-likeness (QED) is 0.243. The molecule has 0 aliphatic carbocycles. The Morgan fingerprint density at radius 1 is 1.17 bits per heavy atom. The summed E-state index contributed by atoms with van der Waals surface area (Å²) in [5.41, 5.74) is -1.48. The molecule has 3 N–H and O–H groups in total. The topological polar surface area (TPSA) is 69.8 Å². The second-order valence-corrected chi connectivity index (χ2v) is 6.18. The lowest BCUT2D eigenvalue weighted by Gasteiger charge is -2.19. The van der Waals surface area contributed by atoms with Crippen LogP contribution in [0.15, 0.2) is 52.1 Å². The number of nitrogens with one attached hydrogen (secondary N) is 2. The Morgan fingerprint density at radius 2 is 1.86 bits per heavy atom. The van der Waals surface area contributed by atoms with Crippen LogP contribution in [0.2, 0.25) is 0 Å². The molecule has 1 unspecified atom stereocenters. The monoisotopic (exact) mass is 521 g/mol. The van der Waals surface area contributed by atoms with Crippen LogP contribution < -0.4 is 10.6 Å². The van der Waals surface area contributed by atoms with Crippen molar-refractivity contribution in [3.63, 3.8) is 0 Å². The van der Waals surface area contributed by atoms with Crippen molar-refractivity contribution < 1.29 is 22.7 Å². The van der Waals surface area contributed by atoms with E-state index in [0.29, 0.717) is 23.8 Å². The van der Waals surface area contributed by atoms with Gasteiger partial charge in [0.1, 0.15) is 11.4 Å².